The number of benzene rings is 1. The third-order valence-electron chi connectivity index (χ3n) is 12.5. The molecular weight excluding hydrogens is 723 g/mol. The topological polar surface area (TPSA) is 173 Å². The van der Waals surface area contributed by atoms with Gasteiger partial charge in [0.2, 0.25) is 21.8 Å². The van der Waals surface area contributed by atoms with Crippen LogP contribution < -0.4 is 20.1 Å². The largest absolute Gasteiger partial charge is 0.487 e. The Hall–Kier alpha value is -4.20. The van der Waals surface area contributed by atoms with Gasteiger partial charge in [0.25, 0.3) is 5.91 Å². The van der Waals surface area contributed by atoms with Gasteiger partial charge in [-0.05, 0) is 95.1 Å². The van der Waals surface area contributed by atoms with E-state index in [9.17, 15) is 27.6 Å². The number of fused-ring (bicyclic) bond motifs is 6. The van der Waals surface area contributed by atoms with E-state index in [1.165, 1.54) is 4.90 Å². The Morgan fingerprint density at radius 2 is 1.73 bits per heavy atom. The first-order valence-corrected chi connectivity index (χ1v) is 22.0. The van der Waals surface area contributed by atoms with Crippen molar-refractivity contribution >= 4 is 44.7 Å². The minimum absolute atomic E-state index is 0.0691. The predicted molar refractivity (Wildman–Crippen MR) is 204 cm³/mol. The van der Waals surface area contributed by atoms with Crippen molar-refractivity contribution in [2.24, 2.45) is 11.8 Å². The molecule has 3 bridgehead atoms. The maximum Gasteiger partial charge on any atom is 0.408 e. The first-order chi connectivity index (χ1) is 26.6. The number of carbonyl (C=O) groups excluding carboxylic acids is 4. The fourth-order valence-corrected chi connectivity index (χ4v) is 10.5. The zero-order chi connectivity index (χ0) is 38.2. The molecule has 13 nitrogen and oxygen atoms in total. The molecule has 0 spiro atoms. The average molecular weight is 776 g/mol. The molecule has 3 aliphatic carbocycles. The fraction of sp³-hybridized carbons (Fsp3) is 0.634. The van der Waals surface area contributed by atoms with E-state index in [4.69, 9.17) is 14.5 Å². The molecule has 4 amide bonds. The van der Waals surface area contributed by atoms with Crippen molar-refractivity contribution in [3.63, 3.8) is 0 Å². The van der Waals surface area contributed by atoms with E-state index in [-0.39, 0.29) is 31.4 Å². The summed E-state index contributed by atoms with van der Waals surface area (Å²) in [5, 5.41) is 6.15. The standard InChI is InChI=1S/C41H53N5O8S/c47-37-34-23-29-25-46(34)38(48)33(18-7-3-1-2-6-15-28-24-41(28,44-37)39(49)45-55(51,52)30-20-21-30)43-40(50)54-35-19-11-14-26(35)12-5-4-8-17-32-36(53-29)22-27-13-9-10-16-31(27)42-32/h6,9-10,13,15-16,22,26,28-30,33-35H,1-5,7-8,11-12,14,17-21,23-25H2,(H,43,50)(H,44,47)(H,45,49)/b15-6-. The number of ether oxygens (including phenoxy) is 2. The number of para-hydroxylation sites is 1. The highest BCUT2D eigenvalue weighted by Gasteiger charge is 2.62. The third kappa shape index (κ3) is 8.34. The van der Waals surface area contributed by atoms with Crippen LogP contribution in [-0.2, 0) is 35.6 Å². The number of sulfonamides is 1. The highest BCUT2D eigenvalue weighted by Crippen LogP contribution is 2.46. The highest BCUT2D eigenvalue weighted by atomic mass is 32.2. The van der Waals surface area contributed by atoms with Crippen LogP contribution in [0.1, 0.15) is 108 Å². The second-order valence-corrected chi connectivity index (χ2v) is 18.5. The summed E-state index contributed by atoms with van der Waals surface area (Å²) in [6, 6.07) is 7.87. The summed E-state index contributed by atoms with van der Waals surface area (Å²) in [5.41, 5.74) is 0.225. The van der Waals surface area contributed by atoms with Gasteiger partial charge >= 0.3 is 6.09 Å². The molecule has 14 heteroatoms. The van der Waals surface area contributed by atoms with Crippen molar-refractivity contribution in [1.29, 1.82) is 0 Å². The average Bonchev–Trinajstić information content (AvgIpc) is 4.05. The molecule has 0 radical (unpaired) electrons. The number of aromatic nitrogens is 1. The van der Waals surface area contributed by atoms with Crippen LogP contribution in [-0.4, -0.2) is 83.7 Å². The maximum atomic E-state index is 14.7. The molecule has 1 aromatic heterocycles. The number of hydrogen-bond acceptors (Lipinski definition) is 9. The number of carbonyl (C=O) groups is 4. The second kappa shape index (κ2) is 15.7. The predicted octanol–water partition coefficient (Wildman–Crippen LogP) is 4.97. The smallest absolute Gasteiger partial charge is 0.408 e. The number of nitrogens with zero attached hydrogens (tertiary/aromatic N) is 2. The molecule has 7 atom stereocenters. The van der Waals surface area contributed by atoms with Crippen molar-refractivity contribution in [3.8, 4) is 5.75 Å². The van der Waals surface area contributed by atoms with Gasteiger partial charge in [-0.3, -0.25) is 19.1 Å². The number of aryl methyl sites for hydroxylation is 1. The van der Waals surface area contributed by atoms with Crippen molar-refractivity contribution in [2.45, 2.75) is 144 Å². The van der Waals surface area contributed by atoms with Crippen LogP contribution in [0.25, 0.3) is 10.9 Å². The van der Waals surface area contributed by atoms with E-state index in [1.54, 1.807) is 0 Å². The quantitative estimate of drug-likeness (QED) is 0.364. The Labute approximate surface area is 322 Å². The monoisotopic (exact) mass is 775 g/mol. The summed E-state index contributed by atoms with van der Waals surface area (Å²) >= 11 is 0. The number of hydrogen-bond donors (Lipinski definition) is 3. The molecule has 8 rings (SSSR count). The number of pyridine rings is 1. The Balaban J connectivity index is 1.13. The molecule has 296 valence electrons. The van der Waals surface area contributed by atoms with Gasteiger partial charge in [0.15, 0.2) is 0 Å². The molecule has 4 heterocycles. The maximum absolute atomic E-state index is 14.7. The number of allylic oxidation sites excluding steroid dienone is 1. The first-order valence-electron chi connectivity index (χ1n) is 20.5. The summed E-state index contributed by atoms with van der Waals surface area (Å²) < 4.78 is 40.7. The Bertz CT molecular complexity index is 1950. The van der Waals surface area contributed by atoms with Gasteiger partial charge in [-0.15, -0.1) is 0 Å². The van der Waals surface area contributed by atoms with E-state index in [0.717, 1.165) is 80.8 Å². The molecule has 3 saturated carbocycles. The van der Waals surface area contributed by atoms with Crippen molar-refractivity contribution in [3.05, 3.63) is 48.2 Å². The zero-order valence-electron chi connectivity index (χ0n) is 31.4. The Morgan fingerprint density at radius 1 is 0.927 bits per heavy atom. The number of amides is 4. The minimum atomic E-state index is -3.87. The van der Waals surface area contributed by atoms with Gasteiger partial charge < -0.3 is 25.0 Å². The lowest BCUT2D eigenvalue weighted by molar-refractivity contribution is -0.141. The molecule has 6 aliphatic rings. The fourth-order valence-electron chi connectivity index (χ4n) is 9.12. The number of rotatable bonds is 3. The van der Waals surface area contributed by atoms with E-state index in [1.807, 2.05) is 42.5 Å². The van der Waals surface area contributed by atoms with Crippen LogP contribution in [0, 0.1) is 11.8 Å². The molecule has 7 unspecified atom stereocenters. The molecule has 55 heavy (non-hydrogen) atoms. The van der Waals surface area contributed by atoms with Crippen LogP contribution >= 0.6 is 0 Å². The lowest BCUT2D eigenvalue weighted by atomic mass is 9.97. The lowest BCUT2D eigenvalue weighted by Crippen LogP contribution is -2.58. The van der Waals surface area contributed by atoms with Gasteiger partial charge in [-0.2, -0.15) is 0 Å². The van der Waals surface area contributed by atoms with Crippen molar-refractivity contribution in [1.82, 2.24) is 25.2 Å². The van der Waals surface area contributed by atoms with Crippen molar-refractivity contribution < 1.29 is 37.1 Å². The summed E-state index contributed by atoms with van der Waals surface area (Å²) in [7, 11) is -3.87. The molecule has 3 N–H and O–H groups in total. The van der Waals surface area contributed by atoms with Gasteiger partial charge in [-0.1, -0.05) is 56.0 Å². The van der Waals surface area contributed by atoms with Gasteiger partial charge in [0.05, 0.1) is 23.0 Å². The van der Waals surface area contributed by atoms with Gasteiger partial charge in [0.1, 0.15) is 35.6 Å². The van der Waals surface area contributed by atoms with Crippen LogP contribution in [0.2, 0.25) is 0 Å². The molecule has 1 saturated heterocycles. The summed E-state index contributed by atoms with van der Waals surface area (Å²) in [6.07, 6.45) is 14.5. The number of nitrogens with one attached hydrogen (secondary N) is 3. The van der Waals surface area contributed by atoms with Crippen LogP contribution in [0.3, 0.4) is 0 Å². The molecule has 4 fully saturated rings. The zero-order valence-corrected chi connectivity index (χ0v) is 32.2. The van der Waals surface area contributed by atoms with Crippen molar-refractivity contribution in [2.75, 3.05) is 6.54 Å². The van der Waals surface area contributed by atoms with Crippen LogP contribution in [0.5, 0.6) is 5.75 Å². The van der Waals surface area contributed by atoms with E-state index >= 15 is 0 Å². The van der Waals surface area contributed by atoms with Gasteiger partial charge in [-0.25, -0.2) is 18.2 Å². The SMILES string of the molecule is O=C1NC2CCCCC/C=C\C3CC3(C(=O)NS(=O)(=O)C3CC3)NC(=O)C3CC(CN3C2=O)Oc2cc3ccccc3nc2CCCCCC2CCCC2O1. The minimum Gasteiger partial charge on any atom is -0.487 e. The highest BCUT2D eigenvalue weighted by molar-refractivity contribution is 7.91. The Kier molecular flexibility index (Phi) is 10.8. The summed E-state index contributed by atoms with van der Waals surface area (Å²) in [5.74, 6) is -1.26. The van der Waals surface area contributed by atoms with Crippen LogP contribution in [0.15, 0.2) is 42.5 Å². The molecule has 3 aliphatic heterocycles. The van der Waals surface area contributed by atoms with Crippen LogP contribution in [0.4, 0.5) is 4.79 Å². The van der Waals surface area contributed by atoms with E-state index in [2.05, 4.69) is 15.4 Å². The third-order valence-corrected chi connectivity index (χ3v) is 14.3. The summed E-state index contributed by atoms with van der Waals surface area (Å²) in [4.78, 5) is 62.9. The van der Waals surface area contributed by atoms with E-state index in [0.29, 0.717) is 37.9 Å². The first kappa shape index (κ1) is 37.7. The summed E-state index contributed by atoms with van der Waals surface area (Å²) in [6.45, 7) is 0.0691. The van der Waals surface area contributed by atoms with Gasteiger partial charge in [0, 0.05) is 17.7 Å². The van der Waals surface area contributed by atoms with E-state index < -0.39 is 68.7 Å². The Morgan fingerprint density at radius 3 is 2.58 bits per heavy atom. The lowest BCUT2D eigenvalue weighted by Gasteiger charge is -2.30. The number of alkyl carbamates (subject to hydrolysis) is 1. The molecule has 2 aromatic rings. The second-order valence-electron chi connectivity index (χ2n) is 16.6. The molecule has 1 aromatic carbocycles. The molecular formula is C41H53N5O8S. The normalized spacial score (nSPS) is 32.8.